The summed E-state index contributed by atoms with van der Waals surface area (Å²) in [6, 6.07) is 15.1. The molecule has 0 bridgehead atoms. The highest BCUT2D eigenvalue weighted by atomic mass is 16.1. The summed E-state index contributed by atoms with van der Waals surface area (Å²) >= 11 is 0. The van der Waals surface area contributed by atoms with Gasteiger partial charge in [0.15, 0.2) is 5.78 Å². The Hall–Kier alpha value is -3.01. The third-order valence-corrected chi connectivity index (χ3v) is 3.70. The normalized spacial score (nSPS) is 10.4. The van der Waals surface area contributed by atoms with E-state index in [-0.39, 0.29) is 16.9 Å². The summed E-state index contributed by atoms with van der Waals surface area (Å²) in [5.74, 6) is -0.147. The van der Waals surface area contributed by atoms with Gasteiger partial charge in [0.05, 0.1) is 5.56 Å². The van der Waals surface area contributed by atoms with Crippen molar-refractivity contribution in [3.63, 3.8) is 0 Å². The number of carbonyl (C=O) groups excluding carboxylic acids is 1. The Morgan fingerprint density at radius 1 is 1.00 bits per heavy atom. The van der Waals surface area contributed by atoms with Crippen LogP contribution >= 0.6 is 0 Å². The van der Waals surface area contributed by atoms with Crippen LogP contribution in [0.3, 0.4) is 0 Å². The Morgan fingerprint density at radius 3 is 2.48 bits per heavy atom. The molecule has 0 saturated heterocycles. The molecule has 2 heterocycles. The van der Waals surface area contributed by atoms with Crippen molar-refractivity contribution in [3.8, 4) is 11.1 Å². The van der Waals surface area contributed by atoms with Crippen LogP contribution in [0.5, 0.6) is 0 Å². The highest BCUT2D eigenvalue weighted by molar-refractivity contribution is 5.96. The first-order chi connectivity index (χ1) is 11.2. The molecule has 0 aliphatic heterocycles. The van der Waals surface area contributed by atoms with E-state index in [1.807, 2.05) is 42.5 Å². The van der Waals surface area contributed by atoms with E-state index < -0.39 is 0 Å². The number of pyridine rings is 2. The van der Waals surface area contributed by atoms with Gasteiger partial charge < -0.3 is 4.98 Å². The van der Waals surface area contributed by atoms with Crippen molar-refractivity contribution < 1.29 is 4.79 Å². The number of nitrogens with zero attached hydrogens (tertiary/aromatic N) is 1. The number of aromatic amines is 1. The van der Waals surface area contributed by atoms with E-state index >= 15 is 0 Å². The number of ketones is 1. The molecule has 3 aromatic rings. The lowest BCUT2D eigenvalue weighted by molar-refractivity contribution is 0.0981. The molecule has 1 aromatic carbocycles. The summed E-state index contributed by atoms with van der Waals surface area (Å²) in [5, 5.41) is 0. The molecule has 0 spiro atoms. The van der Waals surface area contributed by atoms with E-state index in [2.05, 4.69) is 9.97 Å². The zero-order valence-corrected chi connectivity index (χ0v) is 12.5. The Labute approximate surface area is 133 Å². The van der Waals surface area contributed by atoms with Gasteiger partial charge in [0, 0.05) is 25.0 Å². The first-order valence-electron chi connectivity index (χ1n) is 7.44. The first-order valence-corrected chi connectivity index (χ1v) is 7.44. The predicted molar refractivity (Wildman–Crippen MR) is 89.4 cm³/mol. The minimum absolute atomic E-state index is 0.147. The van der Waals surface area contributed by atoms with E-state index in [1.54, 1.807) is 24.7 Å². The number of hydrogen-bond donors (Lipinski definition) is 1. The lowest BCUT2D eigenvalue weighted by Gasteiger charge is -2.05. The predicted octanol–water partition coefficient (Wildman–Crippen LogP) is 3.25. The molecule has 0 amide bonds. The maximum Gasteiger partial charge on any atom is 0.258 e. The number of aryl methyl sites for hydroxylation is 1. The van der Waals surface area contributed by atoms with Gasteiger partial charge in [-0.25, -0.2) is 0 Å². The van der Waals surface area contributed by atoms with Crippen molar-refractivity contribution in [2.75, 3.05) is 0 Å². The second-order valence-electron chi connectivity index (χ2n) is 5.28. The second kappa shape index (κ2) is 6.83. The summed E-state index contributed by atoms with van der Waals surface area (Å²) in [4.78, 5) is 31.0. The van der Waals surface area contributed by atoms with Crippen molar-refractivity contribution in [1.82, 2.24) is 9.97 Å². The number of nitrogens with one attached hydrogen (secondary N) is 1. The van der Waals surface area contributed by atoms with Gasteiger partial charge in [-0.15, -0.1) is 0 Å². The zero-order chi connectivity index (χ0) is 16.1. The summed E-state index contributed by atoms with van der Waals surface area (Å²) in [7, 11) is 0. The Kier molecular flexibility index (Phi) is 4.43. The molecule has 0 fully saturated rings. The lowest BCUT2D eigenvalue weighted by Crippen LogP contribution is -2.17. The SMILES string of the molecule is O=C(CCc1ccccc1)c1cc(-c2ccncc2)c[nH]c1=O. The number of carbonyl (C=O) groups is 1. The van der Waals surface area contributed by atoms with E-state index in [1.165, 1.54) is 0 Å². The fraction of sp³-hybridized carbons (Fsp3) is 0.105. The van der Waals surface area contributed by atoms with Gasteiger partial charge in [-0.2, -0.15) is 0 Å². The number of H-pyrrole nitrogens is 1. The van der Waals surface area contributed by atoms with Crippen molar-refractivity contribution in [3.05, 3.63) is 88.6 Å². The number of aromatic nitrogens is 2. The van der Waals surface area contributed by atoms with Gasteiger partial charge in [0.25, 0.3) is 5.56 Å². The van der Waals surface area contributed by atoms with Gasteiger partial charge in [-0.05, 0) is 41.3 Å². The average molecular weight is 304 g/mol. The number of rotatable bonds is 5. The summed E-state index contributed by atoms with van der Waals surface area (Å²) in [6.07, 6.45) is 5.91. The van der Waals surface area contributed by atoms with Gasteiger partial charge in [-0.1, -0.05) is 30.3 Å². The molecule has 4 heteroatoms. The maximum atomic E-state index is 12.4. The minimum atomic E-state index is -0.346. The molecule has 0 aliphatic carbocycles. The van der Waals surface area contributed by atoms with Crippen LogP contribution in [-0.4, -0.2) is 15.8 Å². The fourth-order valence-corrected chi connectivity index (χ4v) is 2.44. The molecule has 0 atom stereocenters. The molecule has 1 N–H and O–H groups in total. The Morgan fingerprint density at radius 2 is 1.74 bits per heavy atom. The zero-order valence-electron chi connectivity index (χ0n) is 12.5. The monoisotopic (exact) mass is 304 g/mol. The van der Waals surface area contributed by atoms with Crippen LogP contribution in [0.2, 0.25) is 0 Å². The van der Waals surface area contributed by atoms with Gasteiger partial charge >= 0.3 is 0 Å². The second-order valence-corrected chi connectivity index (χ2v) is 5.28. The minimum Gasteiger partial charge on any atom is -0.328 e. The fourth-order valence-electron chi connectivity index (χ4n) is 2.44. The molecular weight excluding hydrogens is 288 g/mol. The van der Waals surface area contributed by atoms with Crippen molar-refractivity contribution in [2.24, 2.45) is 0 Å². The molecule has 2 aromatic heterocycles. The molecule has 4 nitrogen and oxygen atoms in total. The van der Waals surface area contributed by atoms with Gasteiger partial charge in [-0.3, -0.25) is 14.6 Å². The average Bonchev–Trinajstić information content (AvgIpc) is 2.62. The third kappa shape index (κ3) is 3.61. The maximum absolute atomic E-state index is 12.4. The van der Waals surface area contributed by atoms with Crippen LogP contribution < -0.4 is 5.56 Å². The van der Waals surface area contributed by atoms with Crippen molar-refractivity contribution in [1.29, 1.82) is 0 Å². The van der Waals surface area contributed by atoms with Crippen LogP contribution in [0.25, 0.3) is 11.1 Å². The highest BCUT2D eigenvalue weighted by Gasteiger charge is 2.12. The van der Waals surface area contributed by atoms with Crippen LogP contribution in [0, 0.1) is 0 Å². The van der Waals surface area contributed by atoms with Crippen LogP contribution in [0.15, 0.2) is 71.9 Å². The van der Waals surface area contributed by atoms with Crippen molar-refractivity contribution >= 4 is 5.78 Å². The Balaban J connectivity index is 1.81. The smallest absolute Gasteiger partial charge is 0.258 e. The summed E-state index contributed by atoms with van der Waals surface area (Å²) < 4.78 is 0. The number of hydrogen-bond acceptors (Lipinski definition) is 3. The molecular formula is C19H16N2O2. The lowest BCUT2D eigenvalue weighted by atomic mass is 10.0. The van der Waals surface area contributed by atoms with Crippen LogP contribution in [0.4, 0.5) is 0 Å². The summed E-state index contributed by atoms with van der Waals surface area (Å²) in [5.41, 5.74) is 2.65. The summed E-state index contributed by atoms with van der Waals surface area (Å²) in [6.45, 7) is 0. The molecule has 23 heavy (non-hydrogen) atoms. The highest BCUT2D eigenvalue weighted by Crippen LogP contribution is 2.17. The topological polar surface area (TPSA) is 62.8 Å². The Bertz CT molecular complexity index is 855. The van der Waals surface area contributed by atoms with E-state index in [4.69, 9.17) is 0 Å². The van der Waals surface area contributed by atoms with Crippen molar-refractivity contribution in [2.45, 2.75) is 12.8 Å². The van der Waals surface area contributed by atoms with E-state index in [0.29, 0.717) is 12.8 Å². The quantitative estimate of drug-likeness (QED) is 0.736. The molecule has 0 saturated carbocycles. The number of benzene rings is 1. The number of Topliss-reactive ketones (excluding diaryl/α,β-unsaturated/α-hetero) is 1. The van der Waals surface area contributed by atoms with Crippen LogP contribution in [-0.2, 0) is 6.42 Å². The third-order valence-electron chi connectivity index (χ3n) is 3.70. The largest absolute Gasteiger partial charge is 0.328 e. The van der Waals surface area contributed by atoms with Gasteiger partial charge in [0.2, 0.25) is 0 Å². The standard InChI is InChI=1S/C19H16N2O2/c22-18(7-6-14-4-2-1-3-5-14)17-12-16(13-21-19(17)23)15-8-10-20-11-9-15/h1-5,8-13H,6-7H2,(H,21,23). The molecule has 0 radical (unpaired) electrons. The van der Waals surface area contributed by atoms with E-state index in [0.717, 1.165) is 16.7 Å². The molecule has 0 aliphatic rings. The molecule has 114 valence electrons. The molecule has 3 rings (SSSR count). The molecule has 0 unspecified atom stereocenters. The van der Waals surface area contributed by atoms with Gasteiger partial charge in [0.1, 0.15) is 0 Å². The van der Waals surface area contributed by atoms with E-state index in [9.17, 15) is 9.59 Å². The first kappa shape index (κ1) is 14.9. The van der Waals surface area contributed by atoms with Crippen LogP contribution in [0.1, 0.15) is 22.3 Å².